The number of carbonyl (C=O) groups is 7. The highest BCUT2D eigenvalue weighted by Gasteiger charge is 2.34. The normalized spacial score (nSPS) is 15.2. The molecule has 17 heteroatoms. The Kier molecular flexibility index (Phi) is 21.4. The zero-order valence-corrected chi connectivity index (χ0v) is 41.5. The average molecular weight is 936 g/mol. The van der Waals surface area contributed by atoms with Crippen molar-refractivity contribution < 1.29 is 47.8 Å². The summed E-state index contributed by atoms with van der Waals surface area (Å²) in [7, 11) is 0. The van der Waals surface area contributed by atoms with Gasteiger partial charge in [0, 0.05) is 32.1 Å². The Morgan fingerprint density at radius 2 is 1.15 bits per heavy atom. The molecule has 2 aromatic rings. The third kappa shape index (κ3) is 22.5. The topological polar surface area (TPSA) is 223 Å². The molecule has 1 aliphatic rings. The molecule has 6 N–H and O–H groups in total. The minimum Gasteiger partial charge on any atom is -0.444 e. The lowest BCUT2D eigenvalue weighted by Gasteiger charge is -2.35. The highest BCUT2D eigenvalue weighted by atomic mass is 16.6. The molecule has 4 atom stereocenters. The van der Waals surface area contributed by atoms with Gasteiger partial charge in [0.2, 0.25) is 23.6 Å². The van der Waals surface area contributed by atoms with Gasteiger partial charge in [-0.15, -0.1) is 0 Å². The van der Waals surface area contributed by atoms with Gasteiger partial charge in [0.05, 0.1) is 12.5 Å². The smallest absolute Gasteiger partial charge is 0.408 e. The molecule has 0 bridgehead atoms. The third-order valence-electron chi connectivity index (χ3n) is 10.3. The second-order valence-corrected chi connectivity index (χ2v) is 20.5. The summed E-state index contributed by atoms with van der Waals surface area (Å²) in [5.74, 6) is -2.06. The van der Waals surface area contributed by atoms with Gasteiger partial charge in [-0.25, -0.2) is 14.4 Å². The molecule has 372 valence electrons. The predicted octanol–water partition coefficient (Wildman–Crippen LogP) is 6.60. The zero-order chi connectivity index (χ0) is 50.0. The van der Waals surface area contributed by atoms with Crippen molar-refractivity contribution in [3.05, 3.63) is 71.8 Å². The first-order chi connectivity index (χ1) is 31.3. The van der Waals surface area contributed by atoms with Crippen LogP contribution in [0, 0.1) is 5.92 Å². The van der Waals surface area contributed by atoms with Crippen molar-refractivity contribution >= 4 is 41.9 Å². The molecule has 17 nitrogen and oxygen atoms in total. The van der Waals surface area contributed by atoms with Gasteiger partial charge in [-0.3, -0.25) is 19.2 Å². The maximum absolute atomic E-state index is 14.4. The monoisotopic (exact) mass is 936 g/mol. The quantitative estimate of drug-likeness (QED) is 0.0617. The Hall–Kier alpha value is -5.87. The number of amides is 7. The summed E-state index contributed by atoms with van der Waals surface area (Å²) in [6, 6.07) is 13.9. The number of rotatable bonds is 20. The molecule has 1 heterocycles. The van der Waals surface area contributed by atoms with Crippen molar-refractivity contribution in [2.75, 3.05) is 19.6 Å². The summed E-state index contributed by atoms with van der Waals surface area (Å²) in [6.07, 6.45) is 0.470. The molecule has 0 aliphatic carbocycles. The molecule has 0 saturated carbocycles. The molecule has 1 unspecified atom stereocenters. The summed E-state index contributed by atoms with van der Waals surface area (Å²) < 4.78 is 16.2. The van der Waals surface area contributed by atoms with Crippen molar-refractivity contribution in [3.63, 3.8) is 0 Å². The van der Waals surface area contributed by atoms with Gasteiger partial charge in [0.15, 0.2) is 0 Å². The van der Waals surface area contributed by atoms with Gasteiger partial charge in [-0.05, 0) is 118 Å². The summed E-state index contributed by atoms with van der Waals surface area (Å²) in [5, 5.41) is 17.1. The van der Waals surface area contributed by atoms with E-state index in [-0.39, 0.29) is 50.1 Å². The molecule has 0 radical (unpaired) electrons. The number of hydrogen-bond donors (Lipinski definition) is 6. The van der Waals surface area contributed by atoms with Gasteiger partial charge in [-0.1, -0.05) is 74.5 Å². The lowest BCUT2D eigenvalue weighted by Crippen LogP contribution is -2.58. The van der Waals surface area contributed by atoms with Gasteiger partial charge >= 0.3 is 18.3 Å². The fraction of sp³-hybridized carbons (Fsp3) is 0.620. The zero-order valence-electron chi connectivity index (χ0n) is 41.5. The van der Waals surface area contributed by atoms with E-state index in [1.807, 2.05) is 50.2 Å². The molecule has 67 heavy (non-hydrogen) atoms. The van der Waals surface area contributed by atoms with Crippen LogP contribution in [0.4, 0.5) is 14.4 Å². The summed E-state index contributed by atoms with van der Waals surface area (Å²) in [5.41, 5.74) is -0.684. The predicted molar refractivity (Wildman–Crippen MR) is 256 cm³/mol. The highest BCUT2D eigenvalue weighted by molar-refractivity contribution is 5.94. The van der Waals surface area contributed by atoms with Gasteiger partial charge in [0.1, 0.15) is 34.9 Å². The first kappa shape index (κ1) is 55.5. The van der Waals surface area contributed by atoms with Crippen LogP contribution in [0.2, 0.25) is 0 Å². The Balaban J connectivity index is 1.82. The van der Waals surface area contributed by atoms with E-state index in [0.717, 1.165) is 5.56 Å². The van der Waals surface area contributed by atoms with Crippen LogP contribution in [0.5, 0.6) is 0 Å². The van der Waals surface area contributed by atoms with Crippen molar-refractivity contribution in [1.29, 1.82) is 0 Å². The molecule has 3 rings (SSSR count). The fourth-order valence-electron chi connectivity index (χ4n) is 7.31. The largest absolute Gasteiger partial charge is 0.444 e. The third-order valence-corrected chi connectivity index (χ3v) is 10.3. The number of nitrogens with one attached hydrogen (secondary N) is 6. The van der Waals surface area contributed by atoms with E-state index in [0.29, 0.717) is 44.3 Å². The molecule has 0 aromatic heterocycles. The lowest BCUT2D eigenvalue weighted by molar-refractivity contribution is -0.138. The van der Waals surface area contributed by atoms with Gasteiger partial charge < -0.3 is 51.0 Å². The average Bonchev–Trinajstić information content (AvgIpc) is 3.21. The van der Waals surface area contributed by atoms with Crippen molar-refractivity contribution in [2.24, 2.45) is 5.92 Å². The number of unbranched alkanes of at least 4 members (excludes halogenated alkanes) is 1. The number of hydrogen-bond acceptors (Lipinski definition) is 10. The molecule has 7 amide bonds. The number of ether oxygens (including phenoxy) is 3. The van der Waals surface area contributed by atoms with Crippen LogP contribution in [0.15, 0.2) is 60.7 Å². The van der Waals surface area contributed by atoms with Crippen LogP contribution < -0.4 is 31.9 Å². The minimum absolute atomic E-state index is 0.0617. The minimum atomic E-state index is -1.12. The number of alkyl carbamates (subject to hydrolysis) is 3. The summed E-state index contributed by atoms with van der Waals surface area (Å²) in [4.78, 5) is 96.1. The first-order valence-electron chi connectivity index (χ1n) is 23.5. The molecule has 0 spiro atoms. The molecule has 1 saturated heterocycles. The Labute approximate surface area is 397 Å². The Morgan fingerprint density at radius 1 is 0.627 bits per heavy atom. The van der Waals surface area contributed by atoms with E-state index in [2.05, 4.69) is 31.9 Å². The van der Waals surface area contributed by atoms with Crippen LogP contribution >= 0.6 is 0 Å². The van der Waals surface area contributed by atoms with E-state index < -0.39 is 77.0 Å². The lowest BCUT2D eigenvalue weighted by atomic mass is 9.99. The van der Waals surface area contributed by atoms with Crippen molar-refractivity contribution in [1.82, 2.24) is 36.8 Å². The number of benzene rings is 2. The van der Waals surface area contributed by atoms with E-state index in [4.69, 9.17) is 14.2 Å². The maximum atomic E-state index is 14.4. The number of nitrogens with zero attached hydrogens (tertiary/aromatic N) is 1. The van der Waals surface area contributed by atoms with Crippen molar-refractivity contribution in [3.8, 4) is 0 Å². The van der Waals surface area contributed by atoms with Crippen LogP contribution in [0.25, 0.3) is 0 Å². The fourth-order valence-corrected chi connectivity index (χ4v) is 7.31. The molecule has 1 aliphatic heterocycles. The second kappa shape index (κ2) is 25.9. The Bertz CT molecular complexity index is 1920. The second-order valence-electron chi connectivity index (χ2n) is 20.5. The van der Waals surface area contributed by atoms with Crippen LogP contribution in [0.1, 0.15) is 138 Å². The maximum Gasteiger partial charge on any atom is 0.408 e. The van der Waals surface area contributed by atoms with E-state index >= 15 is 0 Å². The molecule has 1 fully saturated rings. The van der Waals surface area contributed by atoms with Crippen LogP contribution in [0.3, 0.4) is 0 Å². The van der Waals surface area contributed by atoms with Gasteiger partial charge in [0.25, 0.3) is 0 Å². The van der Waals surface area contributed by atoms with Crippen LogP contribution in [-0.4, -0.2) is 107 Å². The molecular formula is C50H77N7O10. The summed E-state index contributed by atoms with van der Waals surface area (Å²) in [6.45, 7) is 20.6. The highest BCUT2D eigenvalue weighted by Crippen LogP contribution is 2.20. The van der Waals surface area contributed by atoms with Crippen LogP contribution in [-0.2, 0) is 39.8 Å². The SMILES string of the molecule is CC(C)C[C@@H](NC(=O)[C@@H](Cc1ccccc1)NC(=O)CC(NC(=O)OC(C)(C)C)c1ccccc1)C(=O)N[C@H](CCCCNC(=O)OC(C)(C)C)C(=O)N1CCC(NC(=O)OC(C)(C)C)CC1. The summed E-state index contributed by atoms with van der Waals surface area (Å²) >= 11 is 0. The number of carbonyl (C=O) groups excluding carboxylic acids is 7. The van der Waals surface area contributed by atoms with E-state index in [1.165, 1.54) is 0 Å². The molecule has 2 aromatic carbocycles. The first-order valence-corrected chi connectivity index (χ1v) is 23.5. The number of piperidine rings is 1. The number of likely N-dealkylation sites (tertiary alicyclic amines) is 1. The molecular weight excluding hydrogens is 859 g/mol. The Morgan fingerprint density at radius 3 is 1.72 bits per heavy atom. The van der Waals surface area contributed by atoms with E-state index in [9.17, 15) is 33.6 Å². The van der Waals surface area contributed by atoms with Crippen molar-refractivity contribution in [2.45, 2.75) is 175 Å². The van der Waals surface area contributed by atoms with E-state index in [1.54, 1.807) is 91.5 Å². The van der Waals surface area contributed by atoms with Gasteiger partial charge in [-0.2, -0.15) is 0 Å². The standard InChI is InChI=1S/C50H77N7O10/c1-33(2)30-39(55-43(60)40(31-34-20-14-12-15-21-34)53-41(58)32-38(35-22-16-13-17-23-35)56-47(64)67-50(9,10)11)42(59)54-37(24-18-19-27-51-45(62)65-48(3,4)5)44(61)57-28-25-36(26-29-57)52-46(63)66-49(6,7)8/h12-17,20-23,33,36-40H,18-19,24-32H2,1-11H3,(H,51,62)(H,52,63)(H,53,58)(H,54,59)(H,55,60)(H,56,64)/t37-,38?,39-,40-/m1/s1.